The molecule has 0 aliphatic rings. The second-order valence-electron chi connectivity index (χ2n) is 3.70. The lowest BCUT2D eigenvalue weighted by molar-refractivity contribution is 0.415. The molecule has 0 fully saturated rings. The Hall–Kier alpha value is -2.61. The average molecular weight is 265 g/mol. The van der Waals surface area contributed by atoms with Crippen molar-refractivity contribution in [2.24, 2.45) is 0 Å². The van der Waals surface area contributed by atoms with Gasteiger partial charge in [0.05, 0.1) is 7.11 Å². The van der Waals surface area contributed by atoms with Gasteiger partial charge in [-0.15, -0.1) is 0 Å². The van der Waals surface area contributed by atoms with Crippen LogP contribution in [0, 0.1) is 0 Å². The third-order valence-corrected chi connectivity index (χ3v) is 2.21. The molecule has 0 spiro atoms. The SMILES string of the molecule is COc1ccccc1.c1ccccc1.c1ccncc1. The Morgan fingerprint density at radius 3 is 1.25 bits per heavy atom. The lowest BCUT2D eigenvalue weighted by Crippen LogP contribution is -1.78. The number of para-hydroxylation sites is 1. The lowest BCUT2D eigenvalue weighted by Gasteiger charge is -1.93. The van der Waals surface area contributed by atoms with E-state index in [0.717, 1.165) is 5.75 Å². The number of hydrogen-bond acceptors (Lipinski definition) is 2. The van der Waals surface area contributed by atoms with E-state index < -0.39 is 0 Å². The maximum Gasteiger partial charge on any atom is 0.118 e. The van der Waals surface area contributed by atoms with Gasteiger partial charge in [0.2, 0.25) is 0 Å². The molecule has 0 atom stereocenters. The smallest absolute Gasteiger partial charge is 0.118 e. The predicted octanol–water partition coefficient (Wildman–Crippen LogP) is 4.46. The Kier molecular flexibility index (Phi) is 8.87. The largest absolute Gasteiger partial charge is 0.497 e. The fraction of sp³-hybridized carbons (Fsp3) is 0.0556. The van der Waals surface area contributed by atoms with E-state index in [-0.39, 0.29) is 0 Å². The standard InChI is InChI=1S/C7H8O.C6H6.C5H5N/c1-8-7-5-3-2-4-6-7;2*1-2-4-6-5-3-1/h2-6H,1H3;1-6H;1-5H. The van der Waals surface area contributed by atoms with Crippen molar-refractivity contribution in [3.8, 4) is 5.75 Å². The molecule has 0 amide bonds. The van der Waals surface area contributed by atoms with Crippen molar-refractivity contribution in [1.82, 2.24) is 4.98 Å². The summed E-state index contributed by atoms with van der Waals surface area (Å²) in [5, 5.41) is 0. The molecule has 0 saturated heterocycles. The van der Waals surface area contributed by atoms with Gasteiger partial charge in [-0.25, -0.2) is 0 Å². The normalized spacial score (nSPS) is 8.25. The van der Waals surface area contributed by atoms with Crippen molar-refractivity contribution >= 4 is 0 Å². The Labute approximate surface area is 120 Å². The van der Waals surface area contributed by atoms with Crippen LogP contribution in [-0.2, 0) is 0 Å². The molecule has 0 saturated carbocycles. The summed E-state index contributed by atoms with van der Waals surface area (Å²) in [4.78, 5) is 3.78. The number of rotatable bonds is 1. The summed E-state index contributed by atoms with van der Waals surface area (Å²) in [6.07, 6.45) is 3.50. The summed E-state index contributed by atoms with van der Waals surface area (Å²) in [6, 6.07) is 27.4. The van der Waals surface area contributed by atoms with Crippen LogP contribution >= 0.6 is 0 Å². The molecule has 0 aliphatic carbocycles. The van der Waals surface area contributed by atoms with Crippen LogP contribution in [0.5, 0.6) is 5.75 Å². The number of ether oxygens (including phenoxy) is 1. The average Bonchev–Trinajstić information content (AvgIpc) is 2.60. The zero-order chi connectivity index (χ0) is 14.3. The summed E-state index contributed by atoms with van der Waals surface area (Å²) in [7, 11) is 1.66. The van der Waals surface area contributed by atoms with Gasteiger partial charge in [-0.05, 0) is 24.3 Å². The number of nitrogens with zero attached hydrogens (tertiary/aromatic N) is 1. The lowest BCUT2D eigenvalue weighted by atomic mass is 10.3. The first-order valence-corrected chi connectivity index (χ1v) is 6.37. The van der Waals surface area contributed by atoms with Crippen molar-refractivity contribution in [3.63, 3.8) is 0 Å². The van der Waals surface area contributed by atoms with Crippen LogP contribution in [0.2, 0.25) is 0 Å². The molecule has 0 bridgehead atoms. The van der Waals surface area contributed by atoms with Gasteiger partial charge >= 0.3 is 0 Å². The zero-order valence-corrected chi connectivity index (χ0v) is 11.6. The van der Waals surface area contributed by atoms with Crippen molar-refractivity contribution in [2.75, 3.05) is 7.11 Å². The van der Waals surface area contributed by atoms with Gasteiger partial charge in [0, 0.05) is 12.4 Å². The summed E-state index contributed by atoms with van der Waals surface area (Å²) >= 11 is 0. The predicted molar refractivity (Wildman–Crippen MR) is 83.7 cm³/mol. The van der Waals surface area contributed by atoms with Gasteiger partial charge in [-0.1, -0.05) is 60.7 Å². The number of pyridine rings is 1. The molecule has 0 aliphatic heterocycles. The fourth-order valence-electron chi connectivity index (χ4n) is 1.25. The Balaban J connectivity index is 0.000000152. The minimum atomic E-state index is 0.910. The third kappa shape index (κ3) is 8.48. The van der Waals surface area contributed by atoms with Gasteiger partial charge in [0.15, 0.2) is 0 Å². The van der Waals surface area contributed by atoms with Crippen molar-refractivity contribution in [2.45, 2.75) is 0 Å². The second-order valence-corrected chi connectivity index (χ2v) is 3.70. The quantitative estimate of drug-likeness (QED) is 0.648. The number of methoxy groups -OCH3 is 1. The summed E-state index contributed by atoms with van der Waals surface area (Å²) in [5.41, 5.74) is 0. The van der Waals surface area contributed by atoms with Crippen LogP contribution in [0.4, 0.5) is 0 Å². The van der Waals surface area contributed by atoms with Crippen molar-refractivity contribution in [1.29, 1.82) is 0 Å². The van der Waals surface area contributed by atoms with Crippen LogP contribution in [0.25, 0.3) is 0 Å². The molecule has 2 heteroatoms. The van der Waals surface area contributed by atoms with Gasteiger partial charge in [-0.3, -0.25) is 4.98 Å². The van der Waals surface area contributed by atoms with E-state index in [1.807, 2.05) is 84.9 Å². The highest BCUT2D eigenvalue weighted by molar-refractivity contribution is 5.20. The minimum Gasteiger partial charge on any atom is -0.497 e. The second kappa shape index (κ2) is 11.5. The zero-order valence-electron chi connectivity index (χ0n) is 11.6. The van der Waals surface area contributed by atoms with Gasteiger partial charge < -0.3 is 4.74 Å². The molecule has 2 aromatic carbocycles. The monoisotopic (exact) mass is 265 g/mol. The van der Waals surface area contributed by atoms with E-state index >= 15 is 0 Å². The number of hydrogen-bond donors (Lipinski definition) is 0. The Bertz CT molecular complexity index is 427. The molecule has 0 unspecified atom stereocenters. The topological polar surface area (TPSA) is 22.1 Å². The highest BCUT2D eigenvalue weighted by Crippen LogP contribution is 2.05. The van der Waals surface area contributed by atoms with Crippen LogP contribution < -0.4 is 4.74 Å². The molecule has 0 N–H and O–H groups in total. The molecule has 3 rings (SSSR count). The Morgan fingerprint density at radius 2 is 1.00 bits per heavy atom. The first-order valence-electron chi connectivity index (χ1n) is 6.37. The van der Waals surface area contributed by atoms with Crippen LogP contribution in [-0.4, -0.2) is 12.1 Å². The molecule has 3 aromatic rings. The van der Waals surface area contributed by atoms with Gasteiger partial charge in [0.1, 0.15) is 5.75 Å². The summed E-state index contributed by atoms with van der Waals surface area (Å²) < 4.78 is 4.91. The van der Waals surface area contributed by atoms with E-state index in [1.165, 1.54) is 0 Å². The van der Waals surface area contributed by atoms with Crippen LogP contribution in [0.1, 0.15) is 0 Å². The molecular formula is C18H19NO. The maximum atomic E-state index is 4.91. The summed E-state index contributed by atoms with van der Waals surface area (Å²) in [5.74, 6) is 0.910. The van der Waals surface area contributed by atoms with Crippen LogP contribution in [0.15, 0.2) is 97.3 Å². The molecular weight excluding hydrogens is 246 g/mol. The van der Waals surface area contributed by atoms with Crippen molar-refractivity contribution < 1.29 is 4.74 Å². The number of benzene rings is 2. The molecule has 20 heavy (non-hydrogen) atoms. The highest BCUT2D eigenvalue weighted by Gasteiger charge is 1.80. The summed E-state index contributed by atoms with van der Waals surface area (Å²) in [6.45, 7) is 0. The number of aromatic nitrogens is 1. The van der Waals surface area contributed by atoms with Crippen LogP contribution in [0.3, 0.4) is 0 Å². The Morgan fingerprint density at radius 1 is 0.600 bits per heavy atom. The first-order chi connectivity index (χ1) is 9.93. The minimum absolute atomic E-state index is 0.910. The molecule has 0 radical (unpaired) electrons. The third-order valence-electron chi connectivity index (χ3n) is 2.21. The van der Waals surface area contributed by atoms with E-state index in [0.29, 0.717) is 0 Å². The maximum absolute atomic E-state index is 4.91. The molecule has 2 nitrogen and oxygen atoms in total. The van der Waals surface area contributed by atoms with E-state index in [2.05, 4.69) is 4.98 Å². The molecule has 1 heterocycles. The molecule has 1 aromatic heterocycles. The molecule has 102 valence electrons. The van der Waals surface area contributed by atoms with E-state index in [1.54, 1.807) is 19.5 Å². The van der Waals surface area contributed by atoms with E-state index in [9.17, 15) is 0 Å². The fourth-order valence-corrected chi connectivity index (χ4v) is 1.25. The highest BCUT2D eigenvalue weighted by atomic mass is 16.5. The van der Waals surface area contributed by atoms with E-state index in [4.69, 9.17) is 4.74 Å². The van der Waals surface area contributed by atoms with Gasteiger partial charge in [0.25, 0.3) is 0 Å². The van der Waals surface area contributed by atoms with Crippen molar-refractivity contribution in [3.05, 3.63) is 97.3 Å². The van der Waals surface area contributed by atoms with Gasteiger partial charge in [-0.2, -0.15) is 0 Å². The first kappa shape index (κ1) is 15.4.